The lowest BCUT2D eigenvalue weighted by Gasteiger charge is -2.33. The number of rotatable bonds is 5. The summed E-state index contributed by atoms with van der Waals surface area (Å²) < 4.78 is 0.841. The van der Waals surface area contributed by atoms with Crippen LogP contribution in [-0.4, -0.2) is 13.6 Å². The molecular formula is C11H19ClN2S. The Labute approximate surface area is 101 Å². The topological polar surface area (TPSA) is 38.0 Å². The van der Waals surface area contributed by atoms with Crippen LogP contribution in [0.15, 0.2) is 12.1 Å². The molecule has 3 N–H and O–H groups in total. The van der Waals surface area contributed by atoms with Crippen LogP contribution in [0.1, 0.15) is 31.2 Å². The van der Waals surface area contributed by atoms with Crippen molar-refractivity contribution in [3.8, 4) is 0 Å². The molecule has 0 aromatic carbocycles. The second-order valence-corrected chi connectivity index (χ2v) is 6.14. The molecule has 0 fully saturated rings. The van der Waals surface area contributed by atoms with Crippen molar-refractivity contribution in [3.63, 3.8) is 0 Å². The van der Waals surface area contributed by atoms with E-state index in [0.717, 1.165) is 10.8 Å². The van der Waals surface area contributed by atoms with E-state index in [1.807, 2.05) is 13.1 Å². The average molecular weight is 247 g/mol. The van der Waals surface area contributed by atoms with Gasteiger partial charge in [-0.1, -0.05) is 25.4 Å². The first-order valence-corrected chi connectivity index (χ1v) is 6.33. The van der Waals surface area contributed by atoms with Gasteiger partial charge in [-0.15, -0.1) is 11.3 Å². The fourth-order valence-electron chi connectivity index (χ4n) is 1.92. The second-order valence-electron chi connectivity index (χ2n) is 4.39. The maximum absolute atomic E-state index is 5.95. The first-order valence-electron chi connectivity index (χ1n) is 5.14. The molecule has 0 amide bonds. The molecule has 0 aliphatic rings. The summed E-state index contributed by atoms with van der Waals surface area (Å²) >= 11 is 7.59. The van der Waals surface area contributed by atoms with Crippen LogP contribution in [0.4, 0.5) is 0 Å². The number of thiophene rings is 1. The summed E-state index contributed by atoms with van der Waals surface area (Å²) in [5, 5.41) is 3.35. The highest BCUT2D eigenvalue weighted by Gasteiger charge is 2.29. The van der Waals surface area contributed by atoms with Gasteiger partial charge in [0.05, 0.1) is 4.34 Å². The Bertz CT molecular complexity index is 309. The minimum atomic E-state index is 0.150. The molecule has 0 radical (unpaired) electrons. The molecule has 0 saturated carbocycles. The van der Waals surface area contributed by atoms with E-state index in [1.54, 1.807) is 11.3 Å². The lowest BCUT2D eigenvalue weighted by Crippen LogP contribution is -2.33. The summed E-state index contributed by atoms with van der Waals surface area (Å²) in [6, 6.07) is 4.36. The molecule has 0 aliphatic carbocycles. The lowest BCUT2D eigenvalue weighted by atomic mass is 9.80. The van der Waals surface area contributed by atoms with Crippen molar-refractivity contribution in [2.45, 2.75) is 26.3 Å². The maximum Gasteiger partial charge on any atom is 0.0931 e. The van der Waals surface area contributed by atoms with Crippen molar-refractivity contribution >= 4 is 22.9 Å². The minimum Gasteiger partial charge on any atom is -0.330 e. The van der Waals surface area contributed by atoms with Crippen molar-refractivity contribution in [2.75, 3.05) is 13.6 Å². The van der Waals surface area contributed by atoms with E-state index < -0.39 is 0 Å². The zero-order chi connectivity index (χ0) is 11.5. The quantitative estimate of drug-likeness (QED) is 0.838. The molecule has 4 heteroatoms. The predicted molar refractivity (Wildman–Crippen MR) is 68.6 cm³/mol. The number of nitrogens with one attached hydrogen (secondary N) is 1. The zero-order valence-corrected chi connectivity index (χ0v) is 11.1. The van der Waals surface area contributed by atoms with Gasteiger partial charge in [-0.25, -0.2) is 0 Å². The smallest absolute Gasteiger partial charge is 0.0931 e. The molecule has 0 aliphatic heterocycles. The van der Waals surface area contributed by atoms with Gasteiger partial charge in [-0.3, -0.25) is 0 Å². The summed E-state index contributed by atoms with van der Waals surface area (Å²) in [5.41, 5.74) is 5.79. The van der Waals surface area contributed by atoms with Crippen LogP contribution in [0, 0.1) is 5.41 Å². The van der Waals surface area contributed by atoms with E-state index in [0.29, 0.717) is 12.6 Å². The van der Waals surface area contributed by atoms with E-state index in [9.17, 15) is 0 Å². The second kappa shape index (κ2) is 5.30. The highest BCUT2D eigenvalue weighted by atomic mass is 35.5. The van der Waals surface area contributed by atoms with Gasteiger partial charge in [0.2, 0.25) is 0 Å². The van der Waals surface area contributed by atoms with Gasteiger partial charge >= 0.3 is 0 Å². The molecule has 1 aromatic rings. The van der Waals surface area contributed by atoms with Gasteiger partial charge in [-0.2, -0.15) is 0 Å². The van der Waals surface area contributed by atoms with Crippen LogP contribution in [0.5, 0.6) is 0 Å². The Morgan fingerprint density at radius 1 is 1.53 bits per heavy atom. The summed E-state index contributed by atoms with van der Waals surface area (Å²) in [6.45, 7) is 5.17. The van der Waals surface area contributed by atoms with Crippen LogP contribution < -0.4 is 11.1 Å². The molecular weight excluding hydrogens is 228 g/mol. The van der Waals surface area contributed by atoms with E-state index in [4.69, 9.17) is 17.3 Å². The van der Waals surface area contributed by atoms with Crippen LogP contribution in [0.25, 0.3) is 0 Å². The standard InChI is InChI=1S/C11H19ClN2S/c1-11(2,6-7-13)10(14-3)8-4-5-9(12)15-8/h4-5,10,14H,6-7,13H2,1-3H3. The minimum absolute atomic E-state index is 0.150. The predicted octanol–water partition coefficient (Wildman–Crippen LogP) is 3.04. The molecule has 1 rings (SSSR count). The molecule has 86 valence electrons. The lowest BCUT2D eigenvalue weighted by molar-refractivity contribution is 0.242. The van der Waals surface area contributed by atoms with E-state index in [2.05, 4.69) is 25.2 Å². The molecule has 0 bridgehead atoms. The number of nitrogens with two attached hydrogens (primary N) is 1. The van der Waals surface area contributed by atoms with E-state index in [1.165, 1.54) is 4.88 Å². The van der Waals surface area contributed by atoms with Gasteiger partial charge in [0.1, 0.15) is 0 Å². The van der Waals surface area contributed by atoms with Crippen molar-refractivity contribution in [2.24, 2.45) is 11.1 Å². The highest BCUT2D eigenvalue weighted by molar-refractivity contribution is 7.16. The Hall–Kier alpha value is -0.0900. The Kier molecular flexibility index (Phi) is 4.59. The summed E-state index contributed by atoms with van der Waals surface area (Å²) in [7, 11) is 1.98. The van der Waals surface area contributed by atoms with Crippen molar-refractivity contribution < 1.29 is 0 Å². The largest absolute Gasteiger partial charge is 0.330 e. The zero-order valence-electron chi connectivity index (χ0n) is 9.51. The fourth-order valence-corrected chi connectivity index (χ4v) is 3.30. The average Bonchev–Trinajstić information content (AvgIpc) is 2.52. The van der Waals surface area contributed by atoms with Gasteiger partial charge in [0.15, 0.2) is 0 Å². The Morgan fingerprint density at radius 2 is 2.20 bits per heavy atom. The third-order valence-electron chi connectivity index (χ3n) is 2.74. The molecule has 2 nitrogen and oxygen atoms in total. The monoisotopic (exact) mass is 246 g/mol. The fraction of sp³-hybridized carbons (Fsp3) is 0.636. The van der Waals surface area contributed by atoms with Gasteiger partial charge in [0.25, 0.3) is 0 Å². The summed E-state index contributed by atoms with van der Waals surface area (Å²) in [5.74, 6) is 0. The summed E-state index contributed by atoms with van der Waals surface area (Å²) in [4.78, 5) is 1.28. The maximum atomic E-state index is 5.95. The van der Waals surface area contributed by atoms with Crippen LogP contribution in [0.2, 0.25) is 4.34 Å². The molecule has 1 heterocycles. The van der Waals surface area contributed by atoms with E-state index in [-0.39, 0.29) is 5.41 Å². The van der Waals surface area contributed by atoms with Crippen LogP contribution in [-0.2, 0) is 0 Å². The van der Waals surface area contributed by atoms with Gasteiger partial charge in [0, 0.05) is 10.9 Å². The van der Waals surface area contributed by atoms with Gasteiger partial charge < -0.3 is 11.1 Å². The van der Waals surface area contributed by atoms with Gasteiger partial charge in [-0.05, 0) is 37.6 Å². The normalized spacial score (nSPS) is 14.2. The Morgan fingerprint density at radius 3 is 2.60 bits per heavy atom. The van der Waals surface area contributed by atoms with E-state index >= 15 is 0 Å². The van der Waals surface area contributed by atoms with Crippen molar-refractivity contribution in [1.82, 2.24) is 5.32 Å². The molecule has 0 spiro atoms. The molecule has 1 unspecified atom stereocenters. The summed E-state index contributed by atoms with van der Waals surface area (Å²) in [6.07, 6.45) is 0.994. The first-order chi connectivity index (χ1) is 7.01. The third-order valence-corrected chi connectivity index (χ3v) is 4.03. The number of hydrogen-bond acceptors (Lipinski definition) is 3. The highest BCUT2D eigenvalue weighted by Crippen LogP contribution is 2.39. The van der Waals surface area contributed by atoms with Crippen molar-refractivity contribution in [1.29, 1.82) is 0 Å². The molecule has 1 atom stereocenters. The number of hydrogen-bond donors (Lipinski definition) is 2. The van der Waals surface area contributed by atoms with Crippen LogP contribution >= 0.6 is 22.9 Å². The first kappa shape index (κ1) is 13.0. The molecule has 15 heavy (non-hydrogen) atoms. The third kappa shape index (κ3) is 3.18. The van der Waals surface area contributed by atoms with Crippen LogP contribution in [0.3, 0.4) is 0 Å². The Balaban J connectivity index is 2.88. The number of halogens is 1. The SMILES string of the molecule is CNC(c1ccc(Cl)s1)C(C)(C)CCN. The molecule has 1 aromatic heterocycles. The van der Waals surface area contributed by atoms with Crippen molar-refractivity contribution in [3.05, 3.63) is 21.3 Å². The molecule has 0 saturated heterocycles.